The summed E-state index contributed by atoms with van der Waals surface area (Å²) in [6.45, 7) is 5.52. The number of hydrogen-bond acceptors (Lipinski definition) is 6. The summed E-state index contributed by atoms with van der Waals surface area (Å²) in [5.74, 6) is 0.502. The molecule has 2 aliphatic rings. The van der Waals surface area contributed by atoms with E-state index in [4.69, 9.17) is 9.15 Å². The van der Waals surface area contributed by atoms with E-state index < -0.39 is 0 Å². The minimum absolute atomic E-state index is 0.0228. The van der Waals surface area contributed by atoms with Crippen molar-refractivity contribution >= 4 is 17.2 Å². The molecule has 2 saturated heterocycles. The Labute approximate surface area is 157 Å². The number of aromatic nitrogens is 1. The largest absolute Gasteiger partial charge is 0.451 e. The molecule has 1 spiro atoms. The average Bonchev–Trinajstić information content (AvgIpc) is 3.39. The van der Waals surface area contributed by atoms with Gasteiger partial charge in [-0.2, -0.15) is 0 Å². The highest BCUT2D eigenvalue weighted by Crippen LogP contribution is 2.45. The quantitative estimate of drug-likeness (QED) is 0.804. The second-order valence-electron chi connectivity index (χ2n) is 7.43. The number of piperidine rings is 1. The van der Waals surface area contributed by atoms with Crippen LogP contribution in [0.4, 0.5) is 0 Å². The number of nitrogens with zero attached hydrogens (tertiary/aromatic N) is 3. The van der Waals surface area contributed by atoms with Crippen LogP contribution in [0.3, 0.4) is 0 Å². The predicted octanol–water partition coefficient (Wildman–Crippen LogP) is 2.74. The van der Waals surface area contributed by atoms with Gasteiger partial charge in [-0.3, -0.25) is 9.69 Å². The van der Waals surface area contributed by atoms with Gasteiger partial charge in [-0.05, 0) is 29.7 Å². The van der Waals surface area contributed by atoms with Crippen LogP contribution < -0.4 is 0 Å². The molecule has 2 aromatic rings. The highest BCUT2D eigenvalue weighted by atomic mass is 32.1. The first kappa shape index (κ1) is 17.7. The van der Waals surface area contributed by atoms with Gasteiger partial charge in [0, 0.05) is 50.6 Å². The first-order valence-electron chi connectivity index (χ1n) is 9.11. The maximum atomic E-state index is 12.5. The van der Waals surface area contributed by atoms with Crippen molar-refractivity contribution in [3.8, 4) is 0 Å². The molecule has 1 atom stereocenters. The zero-order valence-electron chi connectivity index (χ0n) is 15.1. The Balaban J connectivity index is 1.42. The van der Waals surface area contributed by atoms with Crippen LogP contribution in [0.2, 0.25) is 0 Å². The molecule has 2 aromatic heterocycles. The molecule has 1 amide bonds. The lowest BCUT2D eigenvalue weighted by molar-refractivity contribution is 0.0319. The van der Waals surface area contributed by atoms with Gasteiger partial charge in [-0.15, -0.1) is 11.3 Å². The second-order valence-corrected chi connectivity index (χ2v) is 8.46. The summed E-state index contributed by atoms with van der Waals surface area (Å²) in [4.78, 5) is 22.4. The van der Waals surface area contributed by atoms with Crippen molar-refractivity contribution in [2.75, 3.05) is 39.9 Å². The zero-order valence-corrected chi connectivity index (χ0v) is 15.9. The standard InChI is InChI=1S/C19H25N3O3S/c1-24-11-15-9-21(10-16-3-2-8-26-16)13-19(15)4-6-22(7-5-19)18(23)17-12-25-14-20-17/h2-3,8,12,14-15H,4-7,9-11,13H2,1H3/t15-/m0/s1. The summed E-state index contributed by atoms with van der Waals surface area (Å²) in [6.07, 6.45) is 4.78. The monoisotopic (exact) mass is 375 g/mol. The van der Waals surface area contributed by atoms with Gasteiger partial charge in [0.2, 0.25) is 0 Å². The summed E-state index contributed by atoms with van der Waals surface area (Å²) in [7, 11) is 1.79. The van der Waals surface area contributed by atoms with Crippen LogP contribution in [0.15, 0.2) is 34.6 Å². The molecule has 0 N–H and O–H groups in total. The molecule has 6 nitrogen and oxygen atoms in total. The Hall–Kier alpha value is -1.70. The number of thiophene rings is 1. The van der Waals surface area contributed by atoms with E-state index >= 15 is 0 Å². The molecular formula is C19H25N3O3S. The predicted molar refractivity (Wildman–Crippen MR) is 99.0 cm³/mol. The van der Waals surface area contributed by atoms with Crippen molar-refractivity contribution in [2.24, 2.45) is 11.3 Å². The van der Waals surface area contributed by atoms with Crippen LogP contribution in [-0.2, 0) is 11.3 Å². The Morgan fingerprint density at radius 1 is 1.46 bits per heavy atom. The van der Waals surface area contributed by atoms with E-state index in [1.807, 2.05) is 16.2 Å². The van der Waals surface area contributed by atoms with E-state index in [0.717, 1.165) is 52.2 Å². The van der Waals surface area contributed by atoms with E-state index in [1.54, 1.807) is 7.11 Å². The van der Waals surface area contributed by atoms with E-state index in [9.17, 15) is 4.79 Å². The van der Waals surface area contributed by atoms with Crippen LogP contribution in [0.25, 0.3) is 0 Å². The van der Waals surface area contributed by atoms with Crippen molar-refractivity contribution in [1.29, 1.82) is 0 Å². The van der Waals surface area contributed by atoms with Crippen LogP contribution in [-0.4, -0.2) is 60.6 Å². The van der Waals surface area contributed by atoms with Crippen LogP contribution >= 0.6 is 11.3 Å². The number of hydrogen-bond donors (Lipinski definition) is 0. The SMILES string of the molecule is COC[C@@H]1CN(Cc2cccs2)CC12CCN(C(=O)c1cocn1)CC2. The third kappa shape index (κ3) is 3.43. The van der Waals surface area contributed by atoms with E-state index in [-0.39, 0.29) is 11.3 Å². The molecule has 0 bridgehead atoms. The normalized spacial score (nSPS) is 23.0. The molecule has 0 saturated carbocycles. The lowest BCUT2D eigenvalue weighted by Crippen LogP contribution is -2.47. The maximum Gasteiger partial charge on any atom is 0.275 e. The molecule has 2 aliphatic heterocycles. The number of oxazole rings is 1. The number of carbonyl (C=O) groups excluding carboxylic acids is 1. The molecule has 0 unspecified atom stereocenters. The van der Waals surface area contributed by atoms with Crippen molar-refractivity contribution in [3.63, 3.8) is 0 Å². The molecule has 0 radical (unpaired) electrons. The summed E-state index contributed by atoms with van der Waals surface area (Å²) in [5.41, 5.74) is 0.647. The van der Waals surface area contributed by atoms with Crippen molar-refractivity contribution < 1.29 is 13.9 Å². The first-order chi connectivity index (χ1) is 12.7. The van der Waals surface area contributed by atoms with Gasteiger partial charge in [0.25, 0.3) is 5.91 Å². The number of methoxy groups -OCH3 is 1. The van der Waals surface area contributed by atoms with Gasteiger partial charge in [-0.25, -0.2) is 4.98 Å². The van der Waals surface area contributed by atoms with E-state index in [0.29, 0.717) is 11.6 Å². The van der Waals surface area contributed by atoms with Gasteiger partial charge in [0.15, 0.2) is 12.1 Å². The van der Waals surface area contributed by atoms with Gasteiger partial charge >= 0.3 is 0 Å². The third-order valence-corrected chi connectivity index (χ3v) is 6.77. The van der Waals surface area contributed by atoms with Crippen LogP contribution in [0.1, 0.15) is 28.2 Å². The van der Waals surface area contributed by atoms with Crippen LogP contribution in [0, 0.1) is 11.3 Å². The molecular weight excluding hydrogens is 350 g/mol. The molecule has 2 fully saturated rings. The smallest absolute Gasteiger partial charge is 0.275 e. The molecule has 4 heterocycles. The minimum Gasteiger partial charge on any atom is -0.451 e. The Bertz CT molecular complexity index is 708. The topological polar surface area (TPSA) is 58.8 Å². The number of likely N-dealkylation sites (tertiary alicyclic amines) is 2. The Morgan fingerprint density at radius 2 is 2.31 bits per heavy atom. The first-order valence-corrected chi connectivity index (χ1v) is 9.99. The molecule has 4 rings (SSSR count). The fraction of sp³-hybridized carbons (Fsp3) is 0.579. The number of carbonyl (C=O) groups is 1. The van der Waals surface area contributed by atoms with Gasteiger partial charge in [-0.1, -0.05) is 6.07 Å². The van der Waals surface area contributed by atoms with Crippen molar-refractivity contribution in [3.05, 3.63) is 40.7 Å². The average molecular weight is 375 g/mol. The molecule has 7 heteroatoms. The summed E-state index contributed by atoms with van der Waals surface area (Å²) >= 11 is 1.82. The fourth-order valence-corrected chi connectivity index (χ4v) is 5.27. The van der Waals surface area contributed by atoms with Gasteiger partial charge in [0.1, 0.15) is 6.26 Å². The summed E-state index contributed by atoms with van der Waals surface area (Å²) in [6, 6.07) is 4.33. The summed E-state index contributed by atoms with van der Waals surface area (Å²) in [5, 5.41) is 2.14. The lowest BCUT2D eigenvalue weighted by Gasteiger charge is -2.42. The molecule has 26 heavy (non-hydrogen) atoms. The summed E-state index contributed by atoms with van der Waals surface area (Å²) < 4.78 is 10.5. The number of amides is 1. The Morgan fingerprint density at radius 3 is 2.96 bits per heavy atom. The minimum atomic E-state index is -0.0228. The Kier molecular flexibility index (Phi) is 5.11. The van der Waals surface area contributed by atoms with E-state index in [2.05, 4.69) is 27.4 Å². The third-order valence-electron chi connectivity index (χ3n) is 5.91. The highest BCUT2D eigenvalue weighted by Gasteiger charge is 2.48. The molecule has 0 aliphatic carbocycles. The van der Waals surface area contributed by atoms with Gasteiger partial charge < -0.3 is 14.1 Å². The molecule has 140 valence electrons. The fourth-order valence-electron chi connectivity index (χ4n) is 4.52. The molecule has 0 aromatic carbocycles. The highest BCUT2D eigenvalue weighted by molar-refractivity contribution is 7.09. The van der Waals surface area contributed by atoms with Crippen molar-refractivity contribution in [1.82, 2.24) is 14.8 Å². The zero-order chi connectivity index (χ0) is 18.0. The van der Waals surface area contributed by atoms with Crippen LogP contribution in [0.5, 0.6) is 0 Å². The lowest BCUT2D eigenvalue weighted by atomic mass is 9.71. The van der Waals surface area contributed by atoms with Crippen molar-refractivity contribution in [2.45, 2.75) is 19.4 Å². The van der Waals surface area contributed by atoms with E-state index in [1.165, 1.54) is 17.5 Å². The van der Waals surface area contributed by atoms with Gasteiger partial charge in [0.05, 0.1) is 6.61 Å². The second kappa shape index (κ2) is 7.50. The number of ether oxygens (including phenoxy) is 1. The number of rotatable bonds is 5. The maximum absolute atomic E-state index is 12.5.